The van der Waals surface area contributed by atoms with Crippen molar-refractivity contribution in [1.29, 1.82) is 0 Å². The summed E-state index contributed by atoms with van der Waals surface area (Å²) in [6.07, 6.45) is 1.62. The van der Waals surface area contributed by atoms with Crippen molar-refractivity contribution >= 4 is 11.9 Å². The van der Waals surface area contributed by atoms with E-state index in [0.29, 0.717) is 5.56 Å². The van der Waals surface area contributed by atoms with E-state index in [1.54, 1.807) is 13.0 Å². The van der Waals surface area contributed by atoms with Gasteiger partial charge in [0.25, 0.3) is 5.91 Å². The first kappa shape index (κ1) is 13.9. The topological polar surface area (TPSA) is 79.5 Å². The van der Waals surface area contributed by atoms with E-state index in [1.807, 2.05) is 30.3 Å². The third-order valence-corrected chi connectivity index (χ3v) is 2.95. The molecule has 104 valence electrons. The van der Waals surface area contributed by atoms with Crippen LogP contribution in [0.25, 0.3) is 0 Å². The Morgan fingerprint density at radius 2 is 1.95 bits per heavy atom. The minimum atomic E-state index is -1.08. The highest BCUT2D eigenvalue weighted by Gasteiger charge is 2.23. The summed E-state index contributed by atoms with van der Waals surface area (Å²) in [5.74, 6) is -1.45. The molecule has 5 heteroatoms. The van der Waals surface area contributed by atoms with Gasteiger partial charge in [0, 0.05) is 12.0 Å². The molecule has 0 spiro atoms. The van der Waals surface area contributed by atoms with E-state index in [1.165, 1.54) is 6.26 Å². The molecule has 0 aliphatic carbocycles. The highest BCUT2D eigenvalue weighted by atomic mass is 16.4. The van der Waals surface area contributed by atoms with Gasteiger partial charge in [-0.2, -0.15) is 0 Å². The van der Waals surface area contributed by atoms with Gasteiger partial charge in [-0.25, -0.2) is 4.79 Å². The lowest BCUT2D eigenvalue weighted by Crippen LogP contribution is -2.42. The molecule has 1 unspecified atom stereocenters. The van der Waals surface area contributed by atoms with Gasteiger partial charge < -0.3 is 14.8 Å². The van der Waals surface area contributed by atoms with Crippen LogP contribution in [0.15, 0.2) is 47.1 Å². The number of hydrogen-bond acceptors (Lipinski definition) is 3. The van der Waals surface area contributed by atoms with Gasteiger partial charge in [0.15, 0.2) is 5.76 Å². The summed E-state index contributed by atoms with van der Waals surface area (Å²) >= 11 is 0. The lowest BCUT2D eigenvalue weighted by molar-refractivity contribution is -0.139. The molecule has 1 aromatic heterocycles. The van der Waals surface area contributed by atoms with Gasteiger partial charge in [-0.15, -0.1) is 0 Å². The molecule has 0 fully saturated rings. The highest BCUT2D eigenvalue weighted by molar-refractivity contribution is 5.95. The number of carbonyl (C=O) groups is 2. The number of carboxylic acids is 1. The Balaban J connectivity index is 2.09. The number of aliphatic carboxylic acids is 1. The molecule has 2 rings (SSSR count). The van der Waals surface area contributed by atoms with Gasteiger partial charge >= 0.3 is 5.97 Å². The molecule has 1 amide bonds. The fourth-order valence-corrected chi connectivity index (χ4v) is 1.88. The molecule has 20 heavy (non-hydrogen) atoms. The quantitative estimate of drug-likeness (QED) is 0.873. The van der Waals surface area contributed by atoms with Crippen molar-refractivity contribution in [3.63, 3.8) is 0 Å². The van der Waals surface area contributed by atoms with Crippen LogP contribution in [0.3, 0.4) is 0 Å². The Bertz CT molecular complexity index is 603. The van der Waals surface area contributed by atoms with Gasteiger partial charge in [0.1, 0.15) is 6.04 Å². The number of hydrogen-bond donors (Lipinski definition) is 2. The van der Waals surface area contributed by atoms with Crippen molar-refractivity contribution in [2.45, 2.75) is 19.4 Å². The zero-order valence-corrected chi connectivity index (χ0v) is 11.0. The van der Waals surface area contributed by atoms with Crippen LogP contribution in [0.4, 0.5) is 0 Å². The average molecular weight is 273 g/mol. The number of carboxylic acid groups (broad SMARTS) is 1. The van der Waals surface area contributed by atoms with Crippen LogP contribution in [0.5, 0.6) is 0 Å². The third-order valence-electron chi connectivity index (χ3n) is 2.95. The third kappa shape index (κ3) is 3.26. The van der Waals surface area contributed by atoms with E-state index in [4.69, 9.17) is 4.42 Å². The fourth-order valence-electron chi connectivity index (χ4n) is 1.88. The first-order chi connectivity index (χ1) is 9.58. The summed E-state index contributed by atoms with van der Waals surface area (Å²) in [6.45, 7) is 1.73. The molecular weight excluding hydrogens is 258 g/mol. The SMILES string of the molecule is Cc1ccoc1C(=O)NC(Cc1ccccc1)C(=O)O. The summed E-state index contributed by atoms with van der Waals surface area (Å²) in [7, 11) is 0. The molecule has 0 bridgehead atoms. The average Bonchev–Trinajstić information content (AvgIpc) is 2.85. The number of furan rings is 1. The van der Waals surface area contributed by atoms with Crippen molar-refractivity contribution < 1.29 is 19.1 Å². The largest absolute Gasteiger partial charge is 0.480 e. The van der Waals surface area contributed by atoms with E-state index in [0.717, 1.165) is 5.56 Å². The normalized spacial score (nSPS) is 11.8. The number of amides is 1. The molecule has 2 N–H and O–H groups in total. The number of benzene rings is 1. The summed E-state index contributed by atoms with van der Waals surface area (Å²) in [6, 6.07) is 9.81. The van der Waals surface area contributed by atoms with Crippen molar-refractivity contribution in [3.8, 4) is 0 Å². The number of rotatable bonds is 5. The molecule has 2 aromatic rings. The lowest BCUT2D eigenvalue weighted by atomic mass is 10.1. The molecular formula is C15H15NO4. The van der Waals surface area contributed by atoms with Gasteiger partial charge in [-0.1, -0.05) is 30.3 Å². The second kappa shape index (κ2) is 6.06. The van der Waals surface area contributed by atoms with E-state index in [2.05, 4.69) is 5.32 Å². The van der Waals surface area contributed by atoms with Crippen LogP contribution < -0.4 is 5.32 Å². The second-order valence-corrected chi connectivity index (χ2v) is 4.49. The van der Waals surface area contributed by atoms with Crippen molar-refractivity contribution in [2.75, 3.05) is 0 Å². The molecule has 0 saturated carbocycles. The molecule has 0 radical (unpaired) electrons. The number of carbonyl (C=O) groups excluding carboxylic acids is 1. The number of nitrogens with one attached hydrogen (secondary N) is 1. The Morgan fingerprint density at radius 1 is 1.25 bits per heavy atom. The molecule has 1 heterocycles. The maximum atomic E-state index is 12.0. The molecule has 1 atom stereocenters. The Labute approximate surface area is 116 Å². The van der Waals surface area contributed by atoms with E-state index in [-0.39, 0.29) is 12.2 Å². The first-order valence-electron chi connectivity index (χ1n) is 6.19. The summed E-state index contributed by atoms with van der Waals surface area (Å²) in [5, 5.41) is 11.7. The predicted octanol–water partition coefficient (Wildman–Crippen LogP) is 2.01. The highest BCUT2D eigenvalue weighted by Crippen LogP contribution is 2.10. The predicted molar refractivity (Wildman–Crippen MR) is 72.5 cm³/mol. The van der Waals surface area contributed by atoms with Gasteiger partial charge in [-0.05, 0) is 18.6 Å². The smallest absolute Gasteiger partial charge is 0.326 e. The van der Waals surface area contributed by atoms with Crippen LogP contribution in [-0.4, -0.2) is 23.0 Å². The van der Waals surface area contributed by atoms with E-state index >= 15 is 0 Å². The van der Waals surface area contributed by atoms with E-state index in [9.17, 15) is 14.7 Å². The molecule has 1 aromatic carbocycles. The molecule has 0 saturated heterocycles. The molecule has 0 aliphatic rings. The van der Waals surface area contributed by atoms with Crippen LogP contribution in [0.1, 0.15) is 21.7 Å². The monoisotopic (exact) mass is 273 g/mol. The molecule has 0 aliphatic heterocycles. The summed E-state index contributed by atoms with van der Waals surface area (Å²) < 4.78 is 5.05. The van der Waals surface area contributed by atoms with E-state index < -0.39 is 17.9 Å². The van der Waals surface area contributed by atoms with Gasteiger partial charge in [-0.3, -0.25) is 4.79 Å². The van der Waals surface area contributed by atoms with Gasteiger partial charge in [0.05, 0.1) is 6.26 Å². The maximum absolute atomic E-state index is 12.0. The zero-order chi connectivity index (χ0) is 14.5. The first-order valence-corrected chi connectivity index (χ1v) is 6.19. The number of aryl methyl sites for hydroxylation is 1. The fraction of sp³-hybridized carbons (Fsp3) is 0.200. The Kier molecular flexibility index (Phi) is 4.20. The minimum Gasteiger partial charge on any atom is -0.480 e. The molecule has 5 nitrogen and oxygen atoms in total. The Morgan fingerprint density at radius 3 is 2.50 bits per heavy atom. The van der Waals surface area contributed by atoms with Gasteiger partial charge in [0.2, 0.25) is 0 Å². The van der Waals surface area contributed by atoms with Crippen molar-refractivity contribution in [3.05, 3.63) is 59.5 Å². The van der Waals surface area contributed by atoms with Crippen LogP contribution in [0, 0.1) is 6.92 Å². The second-order valence-electron chi connectivity index (χ2n) is 4.49. The van der Waals surface area contributed by atoms with Crippen LogP contribution in [-0.2, 0) is 11.2 Å². The standard InChI is InChI=1S/C15H15NO4/c1-10-7-8-20-13(10)14(17)16-12(15(18)19)9-11-5-3-2-4-6-11/h2-8,12H,9H2,1H3,(H,16,17)(H,18,19). The van der Waals surface area contributed by atoms with Crippen LogP contribution in [0.2, 0.25) is 0 Å². The summed E-state index contributed by atoms with van der Waals surface area (Å²) in [5.41, 5.74) is 1.52. The maximum Gasteiger partial charge on any atom is 0.326 e. The van der Waals surface area contributed by atoms with Crippen LogP contribution >= 0.6 is 0 Å². The minimum absolute atomic E-state index is 0.143. The zero-order valence-electron chi connectivity index (χ0n) is 11.0. The Hall–Kier alpha value is -2.56. The van der Waals surface area contributed by atoms with Crippen molar-refractivity contribution in [1.82, 2.24) is 5.32 Å². The summed E-state index contributed by atoms with van der Waals surface area (Å²) in [4.78, 5) is 23.2. The van der Waals surface area contributed by atoms with Crippen molar-refractivity contribution in [2.24, 2.45) is 0 Å². The lowest BCUT2D eigenvalue weighted by Gasteiger charge is -2.14.